The first kappa shape index (κ1) is 3.08. The summed E-state index contributed by atoms with van der Waals surface area (Å²) in [6.45, 7) is 0. The van der Waals surface area contributed by atoms with Gasteiger partial charge in [-0.25, -0.2) is 0 Å². The summed E-state index contributed by atoms with van der Waals surface area (Å²) in [5.41, 5.74) is 0. The summed E-state index contributed by atoms with van der Waals surface area (Å²) >= 11 is 0. The monoisotopic (exact) mass is 96.1 g/mol. The number of hydrogen-bond acceptors (Lipinski definition) is 1. The molecule has 1 saturated heterocycles. The zero-order chi connectivity index (χ0) is 4.43. The van der Waals surface area contributed by atoms with Crippen LogP contribution in [0, 0.1) is 11.8 Å². The molecule has 38 valence electrons. The van der Waals surface area contributed by atoms with Crippen molar-refractivity contribution in [2.24, 2.45) is 11.8 Å². The highest BCUT2D eigenvalue weighted by atomic mass is 16.5. The molecule has 0 N–H and O–H groups in total. The van der Waals surface area contributed by atoms with Gasteiger partial charge in [0.2, 0.25) is 0 Å². The molecule has 0 unspecified atom stereocenters. The maximum Gasteiger partial charge on any atom is 0.0615 e. The summed E-state index contributed by atoms with van der Waals surface area (Å²) < 4.78 is 5.51. The first-order valence-electron chi connectivity index (χ1n) is 3.10. The molecule has 3 fully saturated rings. The Morgan fingerprint density at radius 2 is 1.57 bits per heavy atom. The molecule has 0 amide bonds. The van der Waals surface area contributed by atoms with E-state index < -0.39 is 0 Å². The van der Waals surface area contributed by atoms with Crippen LogP contribution in [0.1, 0.15) is 12.8 Å². The van der Waals surface area contributed by atoms with Crippen molar-refractivity contribution in [3.8, 4) is 0 Å². The van der Waals surface area contributed by atoms with Crippen LogP contribution in [0.3, 0.4) is 0 Å². The van der Waals surface area contributed by atoms with Gasteiger partial charge in [-0.05, 0) is 24.7 Å². The standard InChI is InChI=1S/C6H8O/c1-3-4-2-6(4)7-5(1)3/h3-6H,1-2H2/t3-,4+,5-,6+. The van der Waals surface area contributed by atoms with Gasteiger partial charge < -0.3 is 4.74 Å². The van der Waals surface area contributed by atoms with Crippen LogP contribution in [0.25, 0.3) is 0 Å². The molecule has 3 rings (SSSR count). The first-order valence-corrected chi connectivity index (χ1v) is 3.10. The van der Waals surface area contributed by atoms with Crippen LogP contribution in [0.5, 0.6) is 0 Å². The molecular weight excluding hydrogens is 88.1 g/mol. The molecule has 0 aromatic heterocycles. The van der Waals surface area contributed by atoms with Crippen molar-refractivity contribution in [2.75, 3.05) is 0 Å². The molecule has 2 aliphatic carbocycles. The molecule has 0 spiro atoms. The van der Waals surface area contributed by atoms with Crippen LogP contribution in [0.15, 0.2) is 0 Å². The fourth-order valence-corrected chi connectivity index (χ4v) is 1.82. The Morgan fingerprint density at radius 3 is 1.86 bits per heavy atom. The van der Waals surface area contributed by atoms with Crippen LogP contribution >= 0.6 is 0 Å². The van der Waals surface area contributed by atoms with E-state index in [9.17, 15) is 0 Å². The van der Waals surface area contributed by atoms with Crippen molar-refractivity contribution in [1.82, 2.24) is 0 Å². The number of hydrogen-bond donors (Lipinski definition) is 0. The van der Waals surface area contributed by atoms with Gasteiger partial charge in [0.1, 0.15) is 0 Å². The predicted octanol–water partition coefficient (Wildman–Crippen LogP) is 0.794. The van der Waals surface area contributed by atoms with Crippen molar-refractivity contribution >= 4 is 0 Å². The third-order valence-corrected chi connectivity index (χ3v) is 2.46. The first-order chi connectivity index (χ1) is 3.45. The molecule has 1 heteroatoms. The largest absolute Gasteiger partial charge is 0.374 e. The number of fused-ring (bicyclic) bond motifs is 3. The molecule has 0 aromatic rings. The van der Waals surface area contributed by atoms with Crippen LogP contribution < -0.4 is 0 Å². The van der Waals surface area contributed by atoms with Gasteiger partial charge in [-0.1, -0.05) is 0 Å². The number of ether oxygens (including phenoxy) is 1. The average Bonchev–Trinajstić information content (AvgIpc) is 2.47. The summed E-state index contributed by atoms with van der Waals surface area (Å²) in [4.78, 5) is 0. The Labute approximate surface area is 42.7 Å². The quantitative estimate of drug-likeness (QED) is 0.433. The molecule has 7 heavy (non-hydrogen) atoms. The van der Waals surface area contributed by atoms with Crippen LogP contribution in [-0.2, 0) is 4.74 Å². The van der Waals surface area contributed by atoms with Gasteiger partial charge in [-0.3, -0.25) is 0 Å². The van der Waals surface area contributed by atoms with E-state index >= 15 is 0 Å². The predicted molar refractivity (Wildman–Crippen MR) is 24.9 cm³/mol. The molecule has 2 saturated carbocycles. The van der Waals surface area contributed by atoms with E-state index in [1.54, 1.807) is 0 Å². The highest BCUT2D eigenvalue weighted by Crippen LogP contribution is 2.61. The summed E-state index contributed by atoms with van der Waals surface area (Å²) in [5, 5.41) is 0. The van der Waals surface area contributed by atoms with E-state index in [1.807, 2.05) is 0 Å². The molecular formula is C6H8O. The maximum atomic E-state index is 5.51. The SMILES string of the molecule is C1[C@H]2[C@H]3C[C@H]3O[C@@H]12. The smallest absolute Gasteiger partial charge is 0.0615 e. The summed E-state index contributed by atoms with van der Waals surface area (Å²) in [5.74, 6) is 2.06. The highest BCUT2D eigenvalue weighted by molar-refractivity contribution is 5.11. The minimum absolute atomic E-state index is 0.740. The van der Waals surface area contributed by atoms with E-state index in [0.717, 1.165) is 24.0 Å². The Morgan fingerprint density at radius 1 is 1.00 bits per heavy atom. The molecule has 0 bridgehead atoms. The zero-order valence-corrected chi connectivity index (χ0v) is 4.13. The zero-order valence-electron chi connectivity index (χ0n) is 4.13. The van der Waals surface area contributed by atoms with E-state index in [0.29, 0.717) is 0 Å². The highest BCUT2D eigenvalue weighted by Gasteiger charge is 2.63. The fourth-order valence-electron chi connectivity index (χ4n) is 1.82. The molecule has 4 atom stereocenters. The van der Waals surface area contributed by atoms with Crippen molar-refractivity contribution in [3.05, 3.63) is 0 Å². The van der Waals surface area contributed by atoms with Gasteiger partial charge in [-0.2, -0.15) is 0 Å². The number of rotatable bonds is 0. The summed E-state index contributed by atoms with van der Waals surface area (Å²) in [6.07, 6.45) is 4.26. The lowest BCUT2D eigenvalue weighted by Gasteiger charge is -1.89. The van der Waals surface area contributed by atoms with Gasteiger partial charge in [0.25, 0.3) is 0 Å². The Kier molecular flexibility index (Phi) is 0.288. The van der Waals surface area contributed by atoms with Crippen molar-refractivity contribution in [2.45, 2.75) is 25.0 Å². The Bertz CT molecular complexity index is 107. The Hall–Kier alpha value is -0.0400. The lowest BCUT2D eigenvalue weighted by molar-refractivity contribution is 0.121. The van der Waals surface area contributed by atoms with Gasteiger partial charge >= 0.3 is 0 Å². The van der Waals surface area contributed by atoms with Crippen LogP contribution in [0.2, 0.25) is 0 Å². The van der Waals surface area contributed by atoms with E-state index in [4.69, 9.17) is 4.74 Å². The molecule has 3 aliphatic rings. The van der Waals surface area contributed by atoms with Crippen molar-refractivity contribution in [3.63, 3.8) is 0 Å². The second kappa shape index (κ2) is 0.655. The van der Waals surface area contributed by atoms with E-state index in [-0.39, 0.29) is 0 Å². The normalized spacial score (nSPS) is 72.0. The lowest BCUT2D eigenvalue weighted by atomic mass is 10.3. The summed E-state index contributed by atoms with van der Waals surface area (Å²) in [6, 6.07) is 0. The average molecular weight is 96.1 g/mol. The second-order valence-electron chi connectivity index (χ2n) is 3.01. The lowest BCUT2D eigenvalue weighted by Crippen LogP contribution is -1.90. The van der Waals surface area contributed by atoms with E-state index in [1.165, 1.54) is 12.8 Å². The minimum Gasteiger partial charge on any atom is -0.374 e. The maximum absolute atomic E-state index is 5.51. The van der Waals surface area contributed by atoms with E-state index in [2.05, 4.69) is 0 Å². The van der Waals surface area contributed by atoms with Gasteiger partial charge in [-0.15, -0.1) is 0 Å². The molecule has 1 aliphatic heterocycles. The van der Waals surface area contributed by atoms with Crippen molar-refractivity contribution in [1.29, 1.82) is 0 Å². The van der Waals surface area contributed by atoms with Crippen LogP contribution in [0.4, 0.5) is 0 Å². The van der Waals surface area contributed by atoms with Crippen molar-refractivity contribution < 1.29 is 4.74 Å². The minimum atomic E-state index is 0.740. The fraction of sp³-hybridized carbons (Fsp3) is 1.00. The Balaban J connectivity index is 2.02. The van der Waals surface area contributed by atoms with Gasteiger partial charge in [0.15, 0.2) is 0 Å². The second-order valence-corrected chi connectivity index (χ2v) is 3.01. The molecule has 1 heterocycles. The molecule has 1 nitrogen and oxygen atoms in total. The summed E-state index contributed by atoms with van der Waals surface area (Å²) in [7, 11) is 0. The molecule has 0 aromatic carbocycles. The third kappa shape index (κ3) is 0.235. The van der Waals surface area contributed by atoms with Gasteiger partial charge in [0, 0.05) is 0 Å². The van der Waals surface area contributed by atoms with Gasteiger partial charge in [0.05, 0.1) is 12.2 Å². The third-order valence-electron chi connectivity index (χ3n) is 2.46. The molecule has 0 radical (unpaired) electrons. The van der Waals surface area contributed by atoms with Crippen LogP contribution in [-0.4, -0.2) is 12.2 Å². The topological polar surface area (TPSA) is 9.23 Å².